The molecule has 0 aliphatic carbocycles. The molecule has 0 aromatic heterocycles. The Morgan fingerprint density at radius 3 is 2.08 bits per heavy atom. The molecule has 0 saturated heterocycles. The molecule has 0 heterocycles. The molecule has 136 valence electrons. The molecular formula is C22H32NOP. The lowest BCUT2D eigenvalue weighted by atomic mass is 10.0. The van der Waals surface area contributed by atoms with E-state index in [0.717, 1.165) is 5.56 Å². The van der Waals surface area contributed by atoms with E-state index in [1.54, 1.807) is 6.07 Å². The first kappa shape index (κ1) is 19.8. The maximum atomic E-state index is 10.3. The van der Waals surface area contributed by atoms with Crippen LogP contribution in [0.4, 0.5) is 5.69 Å². The summed E-state index contributed by atoms with van der Waals surface area (Å²) in [4.78, 5) is 2.50. The van der Waals surface area contributed by atoms with Gasteiger partial charge in [-0.05, 0) is 57.6 Å². The monoisotopic (exact) mass is 357 g/mol. The lowest BCUT2D eigenvalue weighted by molar-refractivity contribution is 0.461. The number of para-hydroxylation sites is 1. The van der Waals surface area contributed by atoms with E-state index in [1.165, 1.54) is 16.6 Å². The number of nitrogens with zero attached hydrogens (tertiary/aromatic N) is 1. The second-order valence-corrected chi connectivity index (χ2v) is 9.83. The smallest absolute Gasteiger partial charge is 0.119 e. The van der Waals surface area contributed by atoms with Gasteiger partial charge >= 0.3 is 0 Å². The molecule has 2 aromatic carbocycles. The van der Waals surface area contributed by atoms with E-state index in [-0.39, 0.29) is 5.16 Å². The van der Waals surface area contributed by atoms with Crippen molar-refractivity contribution in [2.75, 3.05) is 4.90 Å². The number of aromatic hydroxyl groups is 1. The molecule has 2 rings (SSSR count). The topological polar surface area (TPSA) is 23.5 Å². The highest BCUT2D eigenvalue weighted by Gasteiger charge is 2.28. The van der Waals surface area contributed by atoms with Crippen molar-refractivity contribution < 1.29 is 5.11 Å². The molecule has 0 fully saturated rings. The number of hydrogen-bond acceptors (Lipinski definition) is 2. The van der Waals surface area contributed by atoms with Crippen molar-refractivity contribution in [3.63, 3.8) is 0 Å². The normalized spacial score (nSPS) is 12.5. The largest absolute Gasteiger partial charge is 0.508 e. The summed E-state index contributed by atoms with van der Waals surface area (Å²) in [6.45, 7) is 15.7. The van der Waals surface area contributed by atoms with Gasteiger partial charge in [0.1, 0.15) is 5.75 Å². The zero-order valence-electron chi connectivity index (χ0n) is 16.6. The van der Waals surface area contributed by atoms with Gasteiger partial charge in [-0.3, -0.25) is 0 Å². The van der Waals surface area contributed by atoms with Crippen molar-refractivity contribution in [1.82, 2.24) is 0 Å². The molecule has 0 bridgehead atoms. The first-order valence-corrected chi connectivity index (χ1v) is 10.1. The van der Waals surface area contributed by atoms with E-state index in [0.29, 0.717) is 26.4 Å². The van der Waals surface area contributed by atoms with E-state index in [1.807, 2.05) is 18.2 Å². The Morgan fingerprint density at radius 1 is 0.920 bits per heavy atom. The molecule has 0 spiro atoms. The third-order valence-electron chi connectivity index (χ3n) is 4.66. The number of benzene rings is 2. The van der Waals surface area contributed by atoms with E-state index in [9.17, 15) is 5.11 Å². The minimum Gasteiger partial charge on any atom is -0.508 e. The first-order chi connectivity index (χ1) is 11.6. The Balaban J connectivity index is 2.51. The van der Waals surface area contributed by atoms with Crippen molar-refractivity contribution >= 4 is 19.6 Å². The van der Waals surface area contributed by atoms with E-state index >= 15 is 0 Å². The summed E-state index contributed by atoms with van der Waals surface area (Å²) in [5, 5.41) is 11.6. The molecule has 0 aliphatic rings. The summed E-state index contributed by atoms with van der Waals surface area (Å²) in [6, 6.07) is 15.2. The van der Waals surface area contributed by atoms with Gasteiger partial charge in [0.15, 0.2) is 0 Å². The van der Waals surface area contributed by atoms with Crippen molar-refractivity contribution in [1.29, 1.82) is 0 Å². The van der Waals surface area contributed by atoms with Crippen molar-refractivity contribution in [3.05, 3.63) is 53.6 Å². The molecule has 0 aliphatic heterocycles. The third-order valence-corrected chi connectivity index (χ3v) is 6.45. The van der Waals surface area contributed by atoms with Crippen LogP contribution in [0.2, 0.25) is 0 Å². The van der Waals surface area contributed by atoms with Crippen LogP contribution >= 0.6 is 8.58 Å². The fraction of sp³-hybridized carbons (Fsp3) is 0.455. The Labute approximate surface area is 155 Å². The molecule has 0 radical (unpaired) electrons. The van der Waals surface area contributed by atoms with Crippen LogP contribution in [0, 0.1) is 6.92 Å². The minimum atomic E-state index is -0.119. The summed E-state index contributed by atoms with van der Waals surface area (Å²) in [5.41, 5.74) is 3.67. The van der Waals surface area contributed by atoms with E-state index in [4.69, 9.17) is 0 Å². The van der Waals surface area contributed by atoms with Crippen LogP contribution in [-0.2, 0) is 5.16 Å². The predicted molar refractivity (Wildman–Crippen MR) is 113 cm³/mol. The highest BCUT2D eigenvalue weighted by molar-refractivity contribution is 7.49. The van der Waals surface area contributed by atoms with Crippen LogP contribution in [0.1, 0.15) is 52.7 Å². The SMILES string of the molecule is Cc1cccc(N(C(C)C)C(C)C)c1PC(C)(C)c1ccccc1O. The zero-order chi connectivity index (χ0) is 18.8. The number of aryl methyl sites for hydroxylation is 1. The highest BCUT2D eigenvalue weighted by Crippen LogP contribution is 2.46. The van der Waals surface area contributed by atoms with Crippen LogP contribution in [0.3, 0.4) is 0 Å². The van der Waals surface area contributed by atoms with Crippen LogP contribution < -0.4 is 10.2 Å². The van der Waals surface area contributed by atoms with Gasteiger partial charge in [-0.25, -0.2) is 0 Å². The maximum Gasteiger partial charge on any atom is 0.119 e. The summed E-state index contributed by atoms with van der Waals surface area (Å²) < 4.78 is 0. The van der Waals surface area contributed by atoms with Gasteiger partial charge in [0.2, 0.25) is 0 Å². The van der Waals surface area contributed by atoms with Crippen molar-refractivity contribution in [3.8, 4) is 5.75 Å². The number of phenolic OH excluding ortho intramolecular Hbond substituents is 1. The van der Waals surface area contributed by atoms with Gasteiger partial charge in [0.25, 0.3) is 0 Å². The van der Waals surface area contributed by atoms with Crippen LogP contribution in [-0.4, -0.2) is 17.2 Å². The number of rotatable bonds is 6. The number of anilines is 1. The van der Waals surface area contributed by atoms with Gasteiger partial charge in [-0.1, -0.05) is 52.8 Å². The number of hydrogen-bond donors (Lipinski definition) is 1. The van der Waals surface area contributed by atoms with Crippen molar-refractivity contribution in [2.24, 2.45) is 0 Å². The summed E-state index contributed by atoms with van der Waals surface area (Å²) in [6.07, 6.45) is 0. The standard InChI is InChI=1S/C22H32NOP/c1-15(2)23(16(3)4)19-13-10-11-17(5)21(19)25-22(6,7)18-12-8-9-14-20(18)24/h8-16,24-25H,1-7H3. The Morgan fingerprint density at radius 2 is 1.52 bits per heavy atom. The van der Waals surface area contributed by atoms with E-state index in [2.05, 4.69) is 71.6 Å². The number of phenols is 1. The molecule has 1 N–H and O–H groups in total. The van der Waals surface area contributed by atoms with Crippen molar-refractivity contribution in [2.45, 2.75) is 65.7 Å². The van der Waals surface area contributed by atoms with Gasteiger partial charge in [0, 0.05) is 28.5 Å². The Kier molecular flexibility index (Phi) is 6.16. The van der Waals surface area contributed by atoms with Gasteiger partial charge < -0.3 is 10.0 Å². The highest BCUT2D eigenvalue weighted by atomic mass is 31.1. The summed E-state index contributed by atoms with van der Waals surface area (Å²) >= 11 is 0. The first-order valence-electron chi connectivity index (χ1n) is 9.09. The molecular weight excluding hydrogens is 325 g/mol. The fourth-order valence-corrected chi connectivity index (χ4v) is 5.16. The third kappa shape index (κ3) is 4.36. The molecule has 1 atom stereocenters. The average Bonchev–Trinajstić information content (AvgIpc) is 2.50. The van der Waals surface area contributed by atoms with Crippen LogP contribution in [0.5, 0.6) is 5.75 Å². The quantitative estimate of drug-likeness (QED) is 0.684. The fourth-order valence-electron chi connectivity index (χ4n) is 3.56. The van der Waals surface area contributed by atoms with E-state index < -0.39 is 0 Å². The Bertz CT molecular complexity index is 714. The maximum absolute atomic E-state index is 10.3. The van der Waals surface area contributed by atoms with Gasteiger partial charge in [0.05, 0.1) is 0 Å². The lowest BCUT2D eigenvalue weighted by Gasteiger charge is -2.37. The molecule has 0 amide bonds. The molecule has 1 unspecified atom stereocenters. The average molecular weight is 357 g/mol. The molecule has 2 aromatic rings. The lowest BCUT2D eigenvalue weighted by Crippen LogP contribution is -2.39. The van der Waals surface area contributed by atoms with Gasteiger partial charge in [-0.15, -0.1) is 0 Å². The zero-order valence-corrected chi connectivity index (χ0v) is 17.6. The Hall–Kier alpha value is -1.53. The second kappa shape index (κ2) is 7.79. The molecule has 25 heavy (non-hydrogen) atoms. The van der Waals surface area contributed by atoms with Crippen LogP contribution in [0.15, 0.2) is 42.5 Å². The van der Waals surface area contributed by atoms with Gasteiger partial charge in [-0.2, -0.15) is 0 Å². The van der Waals surface area contributed by atoms with Crippen LogP contribution in [0.25, 0.3) is 0 Å². The predicted octanol–water partition coefficient (Wildman–Crippen LogP) is 5.56. The molecule has 3 heteroatoms. The summed E-state index contributed by atoms with van der Waals surface area (Å²) in [7, 11) is 0.579. The molecule has 2 nitrogen and oxygen atoms in total. The second-order valence-electron chi connectivity index (χ2n) is 7.83. The summed E-state index contributed by atoms with van der Waals surface area (Å²) in [5.74, 6) is 0.389. The molecule has 0 saturated carbocycles. The minimum absolute atomic E-state index is 0.119.